The number of alkyl halides is 4. The number of aryl methyl sites for hydroxylation is 1. The van der Waals surface area contributed by atoms with E-state index in [-0.39, 0.29) is 49.7 Å². The van der Waals surface area contributed by atoms with Gasteiger partial charge in [0.25, 0.3) is 12.4 Å². The van der Waals surface area contributed by atoms with Crippen molar-refractivity contribution in [2.45, 2.75) is 44.2 Å². The van der Waals surface area contributed by atoms with Gasteiger partial charge in [-0.05, 0) is 53.9 Å². The normalized spacial score (nSPS) is 16.6. The number of carbonyl (C=O) groups excluding carboxylic acids is 1. The molecule has 214 valence electrons. The van der Waals surface area contributed by atoms with E-state index in [1.807, 2.05) is 6.92 Å². The zero-order valence-electron chi connectivity index (χ0n) is 21.9. The molecule has 40 heavy (non-hydrogen) atoms. The van der Waals surface area contributed by atoms with Crippen molar-refractivity contribution in [3.05, 3.63) is 76.4 Å². The summed E-state index contributed by atoms with van der Waals surface area (Å²) in [6.45, 7) is 2.58. The van der Waals surface area contributed by atoms with E-state index < -0.39 is 29.2 Å². The number of hydrogen-bond acceptors (Lipinski definition) is 6. The second-order valence-electron chi connectivity index (χ2n) is 9.70. The maximum absolute atomic E-state index is 15.8. The van der Waals surface area contributed by atoms with Crippen LogP contribution >= 0.6 is 0 Å². The summed E-state index contributed by atoms with van der Waals surface area (Å²) in [6.07, 6.45) is -3.88. The number of halogens is 4. The van der Waals surface area contributed by atoms with Crippen molar-refractivity contribution in [3.63, 3.8) is 0 Å². The molecule has 13 heteroatoms. The van der Waals surface area contributed by atoms with E-state index >= 15 is 4.39 Å². The van der Waals surface area contributed by atoms with Crippen molar-refractivity contribution in [1.29, 1.82) is 0 Å². The Kier molecular flexibility index (Phi) is 8.54. The van der Waals surface area contributed by atoms with Crippen LogP contribution in [0.4, 0.5) is 23.2 Å². The van der Waals surface area contributed by atoms with Crippen LogP contribution < -0.4 is 10.2 Å². The molecule has 1 saturated heterocycles. The van der Waals surface area contributed by atoms with Gasteiger partial charge in [-0.3, -0.25) is 9.59 Å². The Balaban J connectivity index is 0.00000118. The maximum Gasteiger partial charge on any atom is 0.416 e. The lowest BCUT2D eigenvalue weighted by molar-refractivity contribution is -0.138. The van der Waals surface area contributed by atoms with E-state index in [0.29, 0.717) is 23.4 Å². The lowest BCUT2D eigenvalue weighted by atomic mass is 9.74. The fourth-order valence-corrected chi connectivity index (χ4v) is 4.97. The molecule has 1 amide bonds. The van der Waals surface area contributed by atoms with Crippen LogP contribution in [0.5, 0.6) is 0 Å². The van der Waals surface area contributed by atoms with Gasteiger partial charge in [0.2, 0.25) is 0 Å². The molecule has 0 bridgehead atoms. The minimum absolute atomic E-state index is 0.0395. The minimum atomic E-state index is -4.60. The summed E-state index contributed by atoms with van der Waals surface area (Å²) >= 11 is 0. The van der Waals surface area contributed by atoms with Crippen molar-refractivity contribution >= 4 is 18.1 Å². The summed E-state index contributed by atoms with van der Waals surface area (Å²) in [6, 6.07) is 9.37. The molecule has 0 saturated carbocycles. The second-order valence-corrected chi connectivity index (χ2v) is 9.70. The highest BCUT2D eigenvalue weighted by Crippen LogP contribution is 2.46. The van der Waals surface area contributed by atoms with Crippen molar-refractivity contribution in [3.8, 4) is 0 Å². The molecule has 2 aliphatic heterocycles. The summed E-state index contributed by atoms with van der Waals surface area (Å²) < 4.78 is 64.6. The Labute approximate surface area is 227 Å². The number of nitrogens with one attached hydrogen (secondary N) is 1. The number of aromatic nitrogens is 3. The van der Waals surface area contributed by atoms with Crippen LogP contribution in [-0.4, -0.2) is 52.0 Å². The summed E-state index contributed by atoms with van der Waals surface area (Å²) in [7, 11) is 1.65. The quantitative estimate of drug-likeness (QED) is 0.241. The van der Waals surface area contributed by atoms with E-state index in [2.05, 4.69) is 15.5 Å². The van der Waals surface area contributed by atoms with Crippen molar-refractivity contribution in [2.24, 2.45) is 7.05 Å². The molecule has 0 spiro atoms. The number of hydrogen-bond donors (Lipinski definition) is 2. The predicted octanol–water partition coefficient (Wildman–Crippen LogP) is 4.17. The first-order valence-electron chi connectivity index (χ1n) is 12.6. The van der Waals surface area contributed by atoms with Gasteiger partial charge in [0, 0.05) is 24.8 Å². The van der Waals surface area contributed by atoms with Gasteiger partial charge >= 0.3 is 6.18 Å². The summed E-state index contributed by atoms with van der Waals surface area (Å²) in [5.41, 5.74) is -0.478. The molecule has 0 aliphatic carbocycles. The largest absolute Gasteiger partial charge is 0.483 e. The monoisotopic (exact) mass is 563 g/mol. The number of ether oxygens (including phenoxy) is 1. The molecular weight excluding hydrogens is 534 g/mol. The Morgan fingerprint density at radius 2 is 1.98 bits per heavy atom. The molecule has 3 aromatic rings. The summed E-state index contributed by atoms with van der Waals surface area (Å²) in [4.78, 5) is 23.1. The molecule has 0 unspecified atom stereocenters. The second kappa shape index (κ2) is 11.7. The minimum Gasteiger partial charge on any atom is -0.483 e. The third-order valence-corrected chi connectivity index (χ3v) is 7.07. The molecule has 3 heterocycles. The van der Waals surface area contributed by atoms with Gasteiger partial charge in [-0.2, -0.15) is 13.2 Å². The number of amides is 1. The van der Waals surface area contributed by atoms with Crippen molar-refractivity contribution in [2.75, 3.05) is 24.7 Å². The predicted molar refractivity (Wildman–Crippen MR) is 136 cm³/mol. The Hall–Kier alpha value is -3.84. The molecule has 5 rings (SSSR count). The molecule has 9 nitrogen and oxygen atoms in total. The molecule has 2 aliphatic rings. The van der Waals surface area contributed by atoms with Gasteiger partial charge in [0.15, 0.2) is 12.0 Å². The van der Waals surface area contributed by atoms with Crippen LogP contribution in [0.15, 0.2) is 42.7 Å². The number of nitrogens with zero attached hydrogens (tertiary/aromatic N) is 4. The summed E-state index contributed by atoms with van der Waals surface area (Å²) in [5, 5.41) is 17.6. The van der Waals surface area contributed by atoms with Gasteiger partial charge in [-0.25, -0.2) is 4.39 Å². The van der Waals surface area contributed by atoms with Gasteiger partial charge in [-0.1, -0.05) is 19.1 Å². The molecule has 1 aromatic heterocycles. The first kappa shape index (κ1) is 29.2. The topological polar surface area (TPSA) is 110 Å². The molecule has 2 N–H and O–H groups in total. The first-order valence-corrected chi connectivity index (χ1v) is 12.6. The lowest BCUT2D eigenvalue weighted by Gasteiger charge is -2.43. The smallest absolute Gasteiger partial charge is 0.416 e. The third kappa shape index (κ3) is 5.43. The van der Waals surface area contributed by atoms with E-state index in [4.69, 9.17) is 14.6 Å². The lowest BCUT2D eigenvalue weighted by Crippen LogP contribution is -2.50. The first-order chi connectivity index (χ1) is 19.1. The highest BCUT2D eigenvalue weighted by atomic mass is 19.4. The highest BCUT2D eigenvalue weighted by Gasteiger charge is 2.51. The molecule has 2 aromatic carbocycles. The zero-order chi connectivity index (χ0) is 29.1. The number of anilines is 1. The summed E-state index contributed by atoms with van der Waals surface area (Å²) in [5.74, 6) is -0.364. The number of fused-ring (bicyclic) bond motifs is 1. The van der Waals surface area contributed by atoms with Gasteiger partial charge < -0.3 is 24.6 Å². The van der Waals surface area contributed by atoms with Crippen LogP contribution in [0, 0.1) is 0 Å². The number of rotatable bonds is 8. The van der Waals surface area contributed by atoms with E-state index in [1.54, 1.807) is 31.3 Å². The molecular formula is C27H29F4N5O4. The fourth-order valence-electron chi connectivity index (χ4n) is 4.97. The van der Waals surface area contributed by atoms with Gasteiger partial charge in [0.1, 0.15) is 6.33 Å². The zero-order valence-corrected chi connectivity index (χ0v) is 21.9. The van der Waals surface area contributed by atoms with Crippen LogP contribution in [0.3, 0.4) is 0 Å². The number of benzene rings is 2. The number of carbonyl (C=O) groups is 2. The van der Waals surface area contributed by atoms with Crippen molar-refractivity contribution < 1.29 is 37.0 Å². The Morgan fingerprint density at radius 1 is 1.25 bits per heavy atom. The average Bonchev–Trinajstić information content (AvgIpc) is 3.46. The van der Waals surface area contributed by atoms with Gasteiger partial charge in [0.05, 0.1) is 30.7 Å². The van der Waals surface area contributed by atoms with Crippen molar-refractivity contribution in [1.82, 2.24) is 20.1 Å². The van der Waals surface area contributed by atoms with Crippen LogP contribution in [0.2, 0.25) is 0 Å². The molecule has 0 radical (unpaired) electrons. The Morgan fingerprint density at radius 3 is 2.55 bits per heavy atom. The SMILES string of the molecule is CCCNCc1cc2c(c(C(F)(F)F)c1)CN(c1cccc(C3([C@@H](F)c4nncn4C)COC3)c1)C2=O.O=CO. The third-order valence-electron chi connectivity index (χ3n) is 7.07. The standard InChI is InChI=1S/C26H27F4N5O2.CH2O2/c1-3-7-31-11-16-8-19-20(21(9-16)26(28,29)30)12-35(24(19)36)18-6-4-5-17(10-18)25(13-37-14-25)22(27)23-33-32-15-34(23)2;2-1-3/h4-6,8-10,15,22,31H,3,7,11-14H2,1-2H3;1H,(H,2,3)/t22-;/m0./s1. The van der Waals surface area contributed by atoms with Crippen LogP contribution in [0.1, 0.15) is 58.0 Å². The average molecular weight is 564 g/mol. The Bertz CT molecular complexity index is 1370. The molecule has 1 fully saturated rings. The highest BCUT2D eigenvalue weighted by molar-refractivity contribution is 6.10. The van der Waals surface area contributed by atoms with Crippen LogP contribution in [-0.2, 0) is 41.3 Å². The van der Waals surface area contributed by atoms with Crippen LogP contribution in [0.25, 0.3) is 0 Å². The number of carboxylic acid groups (broad SMARTS) is 1. The van der Waals surface area contributed by atoms with E-state index in [9.17, 15) is 18.0 Å². The van der Waals surface area contributed by atoms with E-state index in [0.717, 1.165) is 12.5 Å². The van der Waals surface area contributed by atoms with Gasteiger partial charge in [-0.15, -0.1) is 10.2 Å². The maximum atomic E-state index is 15.8. The fraction of sp³-hybridized carbons (Fsp3) is 0.407. The van der Waals surface area contributed by atoms with E-state index in [1.165, 1.54) is 21.9 Å². The molecule has 1 atom stereocenters.